The van der Waals surface area contributed by atoms with E-state index >= 15 is 0 Å². The van der Waals surface area contributed by atoms with Gasteiger partial charge in [-0.1, -0.05) is 11.6 Å². The van der Waals surface area contributed by atoms with Gasteiger partial charge in [0, 0.05) is 19.2 Å². The average Bonchev–Trinajstić information content (AvgIpc) is 2.42. The van der Waals surface area contributed by atoms with Gasteiger partial charge in [0.2, 0.25) is 0 Å². The number of nitro benzene ring substituents is 1. The van der Waals surface area contributed by atoms with Gasteiger partial charge in [-0.2, -0.15) is 0 Å². The Labute approximate surface area is 122 Å². The van der Waals surface area contributed by atoms with Crippen LogP contribution in [-0.4, -0.2) is 34.9 Å². The van der Waals surface area contributed by atoms with Gasteiger partial charge in [0.05, 0.1) is 16.0 Å². The van der Waals surface area contributed by atoms with Crippen molar-refractivity contribution < 1.29 is 14.5 Å². The topological polar surface area (TPSA) is 72.7 Å². The summed E-state index contributed by atoms with van der Waals surface area (Å²) in [5.41, 5.74) is -0.133. The number of nitrogens with zero attached hydrogens (tertiary/aromatic N) is 2. The number of benzene rings is 1. The van der Waals surface area contributed by atoms with E-state index in [4.69, 9.17) is 16.3 Å². The SMILES string of the molecule is CCN(CC)C(=O)C(C)Oc1cc([N+](=O)[O-])ccc1Cl. The maximum atomic E-state index is 12.1. The average molecular weight is 301 g/mol. The standard InChI is InChI=1S/C13H17ClN2O4/c1-4-15(5-2)13(17)9(3)20-12-8-10(16(18)19)6-7-11(12)14/h6-9H,4-5H2,1-3H3. The Morgan fingerprint density at radius 2 is 2.05 bits per heavy atom. The number of nitro groups is 1. The van der Waals surface area contributed by atoms with Crippen LogP contribution in [0.25, 0.3) is 0 Å². The van der Waals surface area contributed by atoms with Gasteiger partial charge in [-0.25, -0.2) is 0 Å². The number of amides is 1. The van der Waals surface area contributed by atoms with Crippen molar-refractivity contribution in [3.8, 4) is 5.75 Å². The monoisotopic (exact) mass is 300 g/mol. The Kier molecular flexibility index (Phi) is 5.76. The van der Waals surface area contributed by atoms with Gasteiger partial charge in [0.1, 0.15) is 5.75 Å². The lowest BCUT2D eigenvalue weighted by atomic mass is 10.3. The molecule has 0 saturated heterocycles. The first-order valence-electron chi connectivity index (χ1n) is 6.30. The van der Waals surface area contributed by atoms with Crippen LogP contribution in [0.5, 0.6) is 5.75 Å². The van der Waals surface area contributed by atoms with Gasteiger partial charge in [-0.15, -0.1) is 0 Å². The summed E-state index contributed by atoms with van der Waals surface area (Å²) >= 11 is 5.92. The molecule has 0 aromatic heterocycles. The predicted octanol–water partition coefficient (Wildman–Crippen LogP) is 2.88. The summed E-state index contributed by atoms with van der Waals surface area (Å²) < 4.78 is 5.45. The minimum atomic E-state index is -0.755. The van der Waals surface area contributed by atoms with E-state index in [2.05, 4.69) is 0 Å². The fraction of sp³-hybridized carbons (Fsp3) is 0.462. The van der Waals surface area contributed by atoms with E-state index < -0.39 is 11.0 Å². The molecule has 0 N–H and O–H groups in total. The molecule has 110 valence electrons. The number of halogens is 1. The summed E-state index contributed by atoms with van der Waals surface area (Å²) in [5.74, 6) is -0.0496. The molecular formula is C13H17ClN2O4. The molecule has 1 rings (SSSR count). The molecule has 0 spiro atoms. The molecule has 7 heteroatoms. The summed E-state index contributed by atoms with van der Waals surface area (Å²) in [6, 6.07) is 3.88. The van der Waals surface area contributed by atoms with E-state index in [1.165, 1.54) is 18.2 Å². The Hall–Kier alpha value is -1.82. The van der Waals surface area contributed by atoms with Crippen molar-refractivity contribution in [2.24, 2.45) is 0 Å². The molecule has 0 aliphatic heterocycles. The van der Waals surface area contributed by atoms with E-state index in [9.17, 15) is 14.9 Å². The molecule has 0 saturated carbocycles. The highest BCUT2D eigenvalue weighted by molar-refractivity contribution is 6.32. The van der Waals surface area contributed by atoms with Crippen LogP contribution in [0.2, 0.25) is 5.02 Å². The Bertz CT molecular complexity index is 503. The van der Waals surface area contributed by atoms with E-state index in [1.54, 1.807) is 11.8 Å². The molecule has 1 amide bonds. The molecule has 20 heavy (non-hydrogen) atoms. The van der Waals surface area contributed by atoms with Gasteiger partial charge >= 0.3 is 0 Å². The molecule has 1 unspecified atom stereocenters. The molecule has 0 radical (unpaired) electrons. The fourth-order valence-corrected chi connectivity index (χ4v) is 1.89. The smallest absolute Gasteiger partial charge is 0.273 e. The Balaban J connectivity index is 2.89. The van der Waals surface area contributed by atoms with Crippen LogP contribution < -0.4 is 4.74 Å². The number of ether oxygens (including phenoxy) is 1. The van der Waals surface area contributed by atoms with Crippen molar-refractivity contribution >= 4 is 23.2 Å². The largest absolute Gasteiger partial charge is 0.479 e. The van der Waals surface area contributed by atoms with Gasteiger partial charge < -0.3 is 9.64 Å². The van der Waals surface area contributed by atoms with Crippen LogP contribution in [0.4, 0.5) is 5.69 Å². The fourth-order valence-electron chi connectivity index (χ4n) is 1.73. The highest BCUT2D eigenvalue weighted by Crippen LogP contribution is 2.29. The summed E-state index contributed by atoms with van der Waals surface area (Å²) in [6.45, 7) is 6.48. The normalized spacial score (nSPS) is 11.8. The highest BCUT2D eigenvalue weighted by Gasteiger charge is 2.21. The number of carbonyl (C=O) groups is 1. The van der Waals surface area contributed by atoms with Crippen LogP contribution in [0, 0.1) is 10.1 Å². The van der Waals surface area contributed by atoms with E-state index in [0.717, 1.165) is 0 Å². The first-order valence-corrected chi connectivity index (χ1v) is 6.67. The van der Waals surface area contributed by atoms with E-state index in [1.807, 2.05) is 13.8 Å². The number of hydrogen-bond donors (Lipinski definition) is 0. The third-order valence-corrected chi connectivity index (χ3v) is 3.16. The second-order valence-electron chi connectivity index (χ2n) is 4.14. The van der Waals surface area contributed by atoms with Gasteiger partial charge in [-0.05, 0) is 26.8 Å². The molecule has 0 fully saturated rings. The Morgan fingerprint density at radius 3 is 2.55 bits per heavy atom. The summed E-state index contributed by atoms with van der Waals surface area (Å²) in [5, 5.41) is 10.9. The quantitative estimate of drug-likeness (QED) is 0.598. The van der Waals surface area contributed by atoms with Crippen molar-refractivity contribution in [1.82, 2.24) is 4.90 Å². The van der Waals surface area contributed by atoms with Gasteiger partial charge in [-0.3, -0.25) is 14.9 Å². The van der Waals surface area contributed by atoms with Crippen LogP contribution in [0.15, 0.2) is 18.2 Å². The predicted molar refractivity (Wildman–Crippen MR) is 76.1 cm³/mol. The zero-order valence-corrected chi connectivity index (χ0v) is 12.4. The molecule has 0 aliphatic carbocycles. The number of non-ortho nitro benzene ring substituents is 1. The number of hydrogen-bond acceptors (Lipinski definition) is 4. The van der Waals surface area contributed by atoms with Crippen molar-refractivity contribution in [3.63, 3.8) is 0 Å². The number of rotatable bonds is 6. The molecule has 1 aromatic rings. The molecule has 0 aliphatic rings. The van der Waals surface area contributed by atoms with E-state index in [0.29, 0.717) is 13.1 Å². The van der Waals surface area contributed by atoms with Crippen molar-refractivity contribution in [1.29, 1.82) is 0 Å². The molecule has 0 bridgehead atoms. The second-order valence-corrected chi connectivity index (χ2v) is 4.55. The zero-order chi connectivity index (χ0) is 15.3. The van der Waals surface area contributed by atoms with Crippen LogP contribution in [0.3, 0.4) is 0 Å². The molecule has 1 atom stereocenters. The molecule has 0 heterocycles. The lowest BCUT2D eigenvalue weighted by Gasteiger charge is -2.23. The lowest BCUT2D eigenvalue weighted by molar-refractivity contribution is -0.384. The maximum Gasteiger partial charge on any atom is 0.273 e. The van der Waals surface area contributed by atoms with Crippen LogP contribution in [0.1, 0.15) is 20.8 Å². The number of carbonyl (C=O) groups excluding carboxylic acids is 1. The first-order chi connectivity index (χ1) is 9.40. The minimum Gasteiger partial charge on any atom is -0.479 e. The van der Waals surface area contributed by atoms with Crippen LogP contribution in [-0.2, 0) is 4.79 Å². The number of likely N-dealkylation sites (N-methyl/N-ethyl adjacent to an activating group) is 1. The summed E-state index contributed by atoms with van der Waals surface area (Å²) in [6.07, 6.45) is -0.755. The second kappa shape index (κ2) is 7.09. The first kappa shape index (κ1) is 16.2. The summed E-state index contributed by atoms with van der Waals surface area (Å²) in [4.78, 5) is 23.9. The lowest BCUT2D eigenvalue weighted by Crippen LogP contribution is -2.40. The van der Waals surface area contributed by atoms with Crippen molar-refractivity contribution in [2.45, 2.75) is 26.9 Å². The minimum absolute atomic E-state index is 0.133. The molecule has 1 aromatic carbocycles. The Morgan fingerprint density at radius 1 is 1.45 bits per heavy atom. The van der Waals surface area contributed by atoms with Crippen molar-refractivity contribution in [2.75, 3.05) is 13.1 Å². The maximum absolute atomic E-state index is 12.1. The molecule has 6 nitrogen and oxygen atoms in total. The summed E-state index contributed by atoms with van der Waals surface area (Å²) in [7, 11) is 0. The van der Waals surface area contributed by atoms with Gasteiger partial charge in [0.25, 0.3) is 11.6 Å². The van der Waals surface area contributed by atoms with E-state index in [-0.39, 0.29) is 22.4 Å². The van der Waals surface area contributed by atoms with Gasteiger partial charge in [0.15, 0.2) is 6.10 Å². The van der Waals surface area contributed by atoms with Crippen LogP contribution >= 0.6 is 11.6 Å². The third-order valence-electron chi connectivity index (χ3n) is 2.85. The van der Waals surface area contributed by atoms with Crippen molar-refractivity contribution in [3.05, 3.63) is 33.3 Å². The molecular weight excluding hydrogens is 284 g/mol. The third kappa shape index (κ3) is 3.84. The highest BCUT2D eigenvalue weighted by atomic mass is 35.5. The zero-order valence-electron chi connectivity index (χ0n) is 11.6.